The van der Waals surface area contributed by atoms with Gasteiger partial charge in [-0.05, 0) is 37.2 Å². The normalized spacial score (nSPS) is 35.1. The first-order valence-electron chi connectivity index (χ1n) is 8.02. The molecule has 2 aliphatic rings. The first-order chi connectivity index (χ1) is 9.97. The molecule has 1 fully saturated rings. The molecular formula is C17H24O3S. The van der Waals surface area contributed by atoms with E-state index in [9.17, 15) is 13.5 Å². The van der Waals surface area contributed by atoms with Crippen LogP contribution in [0.3, 0.4) is 0 Å². The lowest BCUT2D eigenvalue weighted by Gasteiger charge is -2.44. The van der Waals surface area contributed by atoms with Gasteiger partial charge >= 0.3 is 0 Å². The summed E-state index contributed by atoms with van der Waals surface area (Å²) in [6.45, 7) is 2.20. The third kappa shape index (κ3) is 2.53. The van der Waals surface area contributed by atoms with E-state index in [1.165, 1.54) is 6.42 Å². The number of sulfone groups is 1. The molecule has 0 amide bonds. The highest BCUT2D eigenvalue weighted by atomic mass is 32.2. The van der Waals surface area contributed by atoms with Crippen molar-refractivity contribution in [2.45, 2.75) is 55.9 Å². The van der Waals surface area contributed by atoms with Crippen LogP contribution in [-0.2, 0) is 15.4 Å². The summed E-state index contributed by atoms with van der Waals surface area (Å²) in [5, 5.41) is 11.3. The Kier molecular flexibility index (Phi) is 3.87. The zero-order valence-corrected chi connectivity index (χ0v) is 13.4. The third-order valence-corrected chi connectivity index (χ3v) is 7.24. The minimum Gasteiger partial charge on any atom is -0.385 e. The maximum Gasteiger partial charge on any atom is 0.178 e. The Balaban J connectivity index is 2.02. The van der Waals surface area contributed by atoms with Gasteiger partial charge in [0.15, 0.2) is 9.84 Å². The van der Waals surface area contributed by atoms with Gasteiger partial charge in [-0.25, -0.2) is 8.42 Å². The van der Waals surface area contributed by atoms with Crippen LogP contribution in [0, 0.1) is 11.8 Å². The van der Waals surface area contributed by atoms with Crippen molar-refractivity contribution in [2.24, 2.45) is 11.8 Å². The van der Waals surface area contributed by atoms with E-state index >= 15 is 0 Å². The Labute approximate surface area is 127 Å². The van der Waals surface area contributed by atoms with Gasteiger partial charge in [0, 0.05) is 5.56 Å². The predicted octanol–water partition coefficient (Wildman–Crippen LogP) is 3.27. The molecule has 0 spiro atoms. The van der Waals surface area contributed by atoms with Crippen molar-refractivity contribution < 1.29 is 13.5 Å². The van der Waals surface area contributed by atoms with Gasteiger partial charge in [-0.2, -0.15) is 0 Å². The van der Waals surface area contributed by atoms with Crippen LogP contribution in [0.25, 0.3) is 0 Å². The number of benzene rings is 1. The fourth-order valence-electron chi connectivity index (χ4n) is 4.15. The van der Waals surface area contributed by atoms with Crippen LogP contribution in [-0.4, -0.2) is 19.3 Å². The van der Waals surface area contributed by atoms with Crippen LogP contribution >= 0.6 is 0 Å². The number of hydrogen-bond donors (Lipinski definition) is 1. The average molecular weight is 308 g/mol. The lowest BCUT2D eigenvalue weighted by atomic mass is 9.68. The van der Waals surface area contributed by atoms with Gasteiger partial charge in [0.25, 0.3) is 0 Å². The highest BCUT2D eigenvalue weighted by Crippen LogP contribution is 2.48. The molecule has 0 aromatic heterocycles. The fraction of sp³-hybridized carbons (Fsp3) is 0.647. The van der Waals surface area contributed by atoms with Crippen molar-refractivity contribution in [1.29, 1.82) is 0 Å². The second-order valence-electron chi connectivity index (χ2n) is 6.63. The van der Waals surface area contributed by atoms with Crippen molar-refractivity contribution in [1.82, 2.24) is 0 Å². The van der Waals surface area contributed by atoms with Crippen LogP contribution in [0.1, 0.15) is 51.0 Å². The van der Waals surface area contributed by atoms with Gasteiger partial charge in [0.05, 0.1) is 16.2 Å². The Morgan fingerprint density at radius 1 is 1.29 bits per heavy atom. The van der Waals surface area contributed by atoms with Gasteiger partial charge in [-0.15, -0.1) is 0 Å². The van der Waals surface area contributed by atoms with E-state index in [2.05, 4.69) is 6.92 Å². The lowest BCUT2D eigenvalue weighted by molar-refractivity contribution is -0.0540. The standard InChI is InChI=1S/C17H24O3S/c1-2-13-6-5-7-14(12-13)17(18)10-11-21(19,20)16-9-4-3-8-15(16)17/h3-4,8-9,13-14,18H,2,5-7,10-12H2,1H3. The van der Waals surface area contributed by atoms with E-state index in [1.807, 2.05) is 12.1 Å². The van der Waals surface area contributed by atoms with E-state index in [-0.39, 0.29) is 11.7 Å². The van der Waals surface area contributed by atoms with Gasteiger partial charge < -0.3 is 5.11 Å². The Morgan fingerprint density at radius 3 is 2.81 bits per heavy atom. The molecule has 1 aromatic carbocycles. The molecule has 1 N–H and O–H groups in total. The molecule has 3 atom stereocenters. The SMILES string of the molecule is CCC1CCCC(C2(O)CCS(=O)(=O)c3ccccc32)C1. The third-order valence-electron chi connectivity index (χ3n) is 5.48. The van der Waals surface area contributed by atoms with Crippen LogP contribution in [0.5, 0.6) is 0 Å². The minimum absolute atomic E-state index is 0.0633. The maximum atomic E-state index is 12.3. The van der Waals surface area contributed by atoms with Crippen molar-refractivity contribution in [3.05, 3.63) is 29.8 Å². The zero-order chi connectivity index (χ0) is 15.1. The van der Waals surface area contributed by atoms with Crippen LogP contribution < -0.4 is 0 Å². The average Bonchev–Trinajstić information content (AvgIpc) is 2.52. The summed E-state index contributed by atoms with van der Waals surface area (Å²) in [5.74, 6) is 0.916. The van der Waals surface area contributed by atoms with E-state index in [4.69, 9.17) is 0 Å². The zero-order valence-electron chi connectivity index (χ0n) is 12.6. The molecule has 1 aromatic rings. The van der Waals surface area contributed by atoms with Gasteiger partial charge in [-0.3, -0.25) is 0 Å². The molecule has 1 aliphatic heterocycles. The van der Waals surface area contributed by atoms with Gasteiger partial charge in [0.1, 0.15) is 0 Å². The fourth-order valence-corrected chi connectivity index (χ4v) is 5.82. The summed E-state index contributed by atoms with van der Waals surface area (Å²) >= 11 is 0. The topological polar surface area (TPSA) is 54.4 Å². The largest absolute Gasteiger partial charge is 0.385 e. The number of aliphatic hydroxyl groups is 1. The first-order valence-corrected chi connectivity index (χ1v) is 9.67. The summed E-state index contributed by atoms with van der Waals surface area (Å²) < 4.78 is 24.5. The molecule has 1 saturated carbocycles. The monoisotopic (exact) mass is 308 g/mol. The molecular weight excluding hydrogens is 284 g/mol. The highest BCUT2D eigenvalue weighted by molar-refractivity contribution is 7.91. The Hall–Kier alpha value is -0.870. The molecule has 21 heavy (non-hydrogen) atoms. The second kappa shape index (κ2) is 5.40. The molecule has 3 nitrogen and oxygen atoms in total. The van der Waals surface area contributed by atoms with Crippen molar-refractivity contribution >= 4 is 9.84 Å². The Morgan fingerprint density at radius 2 is 2.05 bits per heavy atom. The molecule has 3 unspecified atom stereocenters. The number of fused-ring (bicyclic) bond motifs is 1. The van der Waals surface area contributed by atoms with E-state index < -0.39 is 15.4 Å². The maximum absolute atomic E-state index is 12.3. The smallest absolute Gasteiger partial charge is 0.178 e. The molecule has 116 valence electrons. The second-order valence-corrected chi connectivity index (χ2v) is 8.70. The summed E-state index contributed by atoms with van der Waals surface area (Å²) in [6, 6.07) is 7.04. The summed E-state index contributed by atoms with van der Waals surface area (Å²) in [6.07, 6.45) is 5.88. The molecule has 3 rings (SSSR count). The molecule has 1 heterocycles. The van der Waals surface area contributed by atoms with Crippen molar-refractivity contribution in [2.75, 3.05) is 5.75 Å². The van der Waals surface area contributed by atoms with Gasteiger partial charge in [0.2, 0.25) is 0 Å². The molecule has 0 saturated heterocycles. The Bertz CT molecular complexity index is 623. The number of hydrogen-bond acceptors (Lipinski definition) is 3. The van der Waals surface area contributed by atoms with E-state index in [0.717, 1.165) is 25.7 Å². The summed E-state index contributed by atoms with van der Waals surface area (Å²) in [5.41, 5.74) is -0.326. The van der Waals surface area contributed by atoms with E-state index in [0.29, 0.717) is 22.8 Å². The van der Waals surface area contributed by atoms with E-state index in [1.54, 1.807) is 12.1 Å². The lowest BCUT2D eigenvalue weighted by Crippen LogP contribution is -2.43. The first kappa shape index (κ1) is 15.0. The quantitative estimate of drug-likeness (QED) is 0.912. The molecule has 0 radical (unpaired) electrons. The van der Waals surface area contributed by atoms with Crippen molar-refractivity contribution in [3.63, 3.8) is 0 Å². The van der Waals surface area contributed by atoms with Crippen LogP contribution in [0.2, 0.25) is 0 Å². The summed E-state index contributed by atoms with van der Waals surface area (Å²) in [4.78, 5) is 0.345. The van der Waals surface area contributed by atoms with Crippen molar-refractivity contribution in [3.8, 4) is 0 Å². The molecule has 1 aliphatic carbocycles. The van der Waals surface area contributed by atoms with Gasteiger partial charge in [-0.1, -0.05) is 44.4 Å². The van der Waals surface area contributed by atoms with Crippen LogP contribution in [0.15, 0.2) is 29.2 Å². The molecule has 0 bridgehead atoms. The minimum atomic E-state index is -3.23. The predicted molar refractivity (Wildman–Crippen MR) is 82.7 cm³/mol. The summed E-state index contributed by atoms with van der Waals surface area (Å²) in [7, 11) is -3.23. The van der Waals surface area contributed by atoms with Crippen LogP contribution in [0.4, 0.5) is 0 Å². The molecule has 4 heteroatoms. The number of rotatable bonds is 2. The highest BCUT2D eigenvalue weighted by Gasteiger charge is 2.46.